The molecule has 0 saturated heterocycles. The third kappa shape index (κ3) is 3.46. The quantitative estimate of drug-likeness (QED) is 0.289. The number of aromatic nitrogens is 3. The van der Waals surface area contributed by atoms with Crippen LogP contribution in [-0.2, 0) is 4.74 Å². The normalized spacial score (nSPS) is 34.6. The number of rotatable bonds is 3. The molecule has 37 heavy (non-hydrogen) atoms. The fourth-order valence-electron chi connectivity index (χ4n) is 8.50. The summed E-state index contributed by atoms with van der Waals surface area (Å²) >= 11 is 0. The summed E-state index contributed by atoms with van der Waals surface area (Å²) in [5.74, 6) is 1.82. The van der Waals surface area contributed by atoms with Crippen LogP contribution in [0.3, 0.4) is 0 Å². The molecule has 0 N–H and O–H groups in total. The minimum Gasteiger partial charge on any atom is -0.458 e. The van der Waals surface area contributed by atoms with E-state index in [1.54, 1.807) is 24.5 Å². The molecule has 5 nitrogen and oxygen atoms in total. The predicted octanol–water partition coefficient (Wildman–Crippen LogP) is 7.07. The lowest BCUT2D eigenvalue weighted by atomic mass is 9.47. The van der Waals surface area contributed by atoms with Crippen LogP contribution in [0.5, 0.6) is 0 Å². The molecule has 4 aliphatic carbocycles. The molecule has 1 aromatic carbocycles. The van der Waals surface area contributed by atoms with E-state index in [-0.39, 0.29) is 22.9 Å². The Labute approximate surface area is 218 Å². The predicted molar refractivity (Wildman–Crippen MR) is 145 cm³/mol. The lowest BCUT2D eigenvalue weighted by Gasteiger charge is -2.57. The smallest absolute Gasteiger partial charge is 0.339 e. The van der Waals surface area contributed by atoms with Gasteiger partial charge in [0, 0.05) is 29.9 Å². The number of pyridine rings is 1. The topological polar surface area (TPSA) is 57.0 Å². The molecule has 7 rings (SSSR count). The standard InChI is InChI=1S/C32H35N3O2/c1-31-15-13-23(37-30(36)21-6-5-17-33-19-21)18-22(31)9-10-24-25-11-12-29(32(25,2)16-14-26(24)31)35-20-34-27-7-3-4-8-28(27)35/h3-9,12,17,19-20,23-26H,10-11,13-16,18H2,1-2H3/t23-,24-,25-,26-,31-,32-/m0/s1. The van der Waals surface area contributed by atoms with E-state index in [1.165, 1.54) is 29.6 Å². The Balaban J connectivity index is 1.11. The van der Waals surface area contributed by atoms with Gasteiger partial charge in [-0.1, -0.05) is 43.7 Å². The van der Waals surface area contributed by atoms with Gasteiger partial charge in [-0.2, -0.15) is 0 Å². The van der Waals surface area contributed by atoms with E-state index in [0.717, 1.165) is 37.6 Å². The van der Waals surface area contributed by atoms with E-state index in [4.69, 9.17) is 9.72 Å². The summed E-state index contributed by atoms with van der Waals surface area (Å²) in [4.78, 5) is 21.4. The Morgan fingerprint density at radius 3 is 2.73 bits per heavy atom. The van der Waals surface area contributed by atoms with Crippen molar-refractivity contribution in [2.24, 2.45) is 28.6 Å². The first-order valence-electron chi connectivity index (χ1n) is 13.9. The maximum absolute atomic E-state index is 12.7. The molecule has 190 valence electrons. The van der Waals surface area contributed by atoms with Crippen molar-refractivity contribution >= 4 is 22.7 Å². The fraction of sp³-hybridized carbons (Fsp3) is 0.469. The number of fused-ring (bicyclic) bond motifs is 6. The van der Waals surface area contributed by atoms with E-state index in [0.29, 0.717) is 23.3 Å². The molecule has 2 saturated carbocycles. The van der Waals surface area contributed by atoms with Crippen LogP contribution in [0.1, 0.15) is 69.2 Å². The lowest BCUT2D eigenvalue weighted by molar-refractivity contribution is -0.0315. The average Bonchev–Trinajstić information content (AvgIpc) is 3.49. The first-order valence-corrected chi connectivity index (χ1v) is 13.9. The summed E-state index contributed by atoms with van der Waals surface area (Å²) in [6.07, 6.45) is 18.0. The number of carbonyl (C=O) groups excluding carboxylic acids is 1. The van der Waals surface area contributed by atoms with Gasteiger partial charge in [-0.3, -0.25) is 4.98 Å². The molecule has 5 heteroatoms. The first kappa shape index (κ1) is 22.9. The van der Waals surface area contributed by atoms with Crippen LogP contribution in [0.2, 0.25) is 0 Å². The van der Waals surface area contributed by atoms with Crippen molar-refractivity contribution in [2.45, 2.75) is 64.9 Å². The number of benzene rings is 1. The van der Waals surface area contributed by atoms with E-state index >= 15 is 0 Å². The van der Waals surface area contributed by atoms with E-state index in [2.05, 4.69) is 59.8 Å². The van der Waals surface area contributed by atoms with Gasteiger partial charge in [0.05, 0.1) is 16.6 Å². The highest BCUT2D eigenvalue weighted by atomic mass is 16.5. The van der Waals surface area contributed by atoms with Gasteiger partial charge in [-0.15, -0.1) is 0 Å². The van der Waals surface area contributed by atoms with Crippen molar-refractivity contribution in [3.63, 3.8) is 0 Å². The summed E-state index contributed by atoms with van der Waals surface area (Å²) in [6.45, 7) is 5.02. The van der Waals surface area contributed by atoms with Crippen molar-refractivity contribution in [1.82, 2.24) is 14.5 Å². The Kier molecular flexibility index (Phi) is 5.21. The second-order valence-corrected chi connectivity index (χ2v) is 12.2. The second kappa shape index (κ2) is 8.41. The molecule has 2 heterocycles. The molecule has 0 aliphatic heterocycles. The monoisotopic (exact) mass is 493 g/mol. The van der Waals surface area contributed by atoms with Crippen molar-refractivity contribution in [3.05, 3.63) is 78.4 Å². The first-order chi connectivity index (χ1) is 18.0. The number of allylic oxidation sites excluding steroid dienone is 3. The molecular formula is C32H35N3O2. The van der Waals surface area contributed by atoms with Gasteiger partial charge in [0.1, 0.15) is 12.4 Å². The Morgan fingerprint density at radius 1 is 1.00 bits per heavy atom. The van der Waals surface area contributed by atoms with Crippen LogP contribution < -0.4 is 0 Å². The number of para-hydroxylation sites is 2. The molecule has 2 fully saturated rings. The van der Waals surface area contributed by atoms with Crippen molar-refractivity contribution in [2.75, 3.05) is 0 Å². The zero-order valence-corrected chi connectivity index (χ0v) is 21.8. The molecule has 3 aromatic rings. The van der Waals surface area contributed by atoms with Crippen molar-refractivity contribution in [1.29, 1.82) is 0 Å². The number of nitrogens with zero attached hydrogens (tertiary/aromatic N) is 3. The molecule has 0 spiro atoms. The molecule has 2 aromatic heterocycles. The van der Waals surface area contributed by atoms with E-state index in [9.17, 15) is 4.79 Å². The van der Waals surface area contributed by atoms with Gasteiger partial charge in [-0.25, -0.2) is 9.78 Å². The summed E-state index contributed by atoms with van der Waals surface area (Å²) in [5.41, 5.74) is 6.21. The third-order valence-corrected chi connectivity index (χ3v) is 10.5. The molecular weight excluding hydrogens is 458 g/mol. The third-order valence-electron chi connectivity index (χ3n) is 10.5. The maximum Gasteiger partial charge on any atom is 0.339 e. The number of imidazole rings is 1. The van der Waals surface area contributed by atoms with E-state index < -0.39 is 0 Å². The molecule has 0 unspecified atom stereocenters. The van der Waals surface area contributed by atoms with Gasteiger partial charge in [-0.05, 0) is 86.0 Å². The Hall–Kier alpha value is -3.21. The largest absolute Gasteiger partial charge is 0.458 e. The van der Waals surface area contributed by atoms with Crippen LogP contribution in [0.15, 0.2) is 72.8 Å². The van der Waals surface area contributed by atoms with Crippen molar-refractivity contribution < 1.29 is 9.53 Å². The second-order valence-electron chi connectivity index (χ2n) is 12.2. The van der Waals surface area contributed by atoms with Gasteiger partial charge in [0.2, 0.25) is 0 Å². The fourth-order valence-corrected chi connectivity index (χ4v) is 8.50. The lowest BCUT2D eigenvalue weighted by Crippen LogP contribution is -2.50. The average molecular weight is 494 g/mol. The summed E-state index contributed by atoms with van der Waals surface area (Å²) in [5, 5.41) is 0. The highest BCUT2D eigenvalue weighted by molar-refractivity contribution is 5.89. The molecule has 0 bridgehead atoms. The number of ether oxygens (including phenoxy) is 1. The zero-order chi connectivity index (χ0) is 25.2. The SMILES string of the molecule is C[C@]12CC[C@H](OC(=O)c3cccnc3)CC1=CC[C@@H]1[C@@H]2CC[C@]2(C)C(n3cnc4ccccc43)=CC[C@@H]12. The maximum atomic E-state index is 12.7. The van der Waals surface area contributed by atoms with Crippen LogP contribution in [0.25, 0.3) is 16.7 Å². The highest BCUT2D eigenvalue weighted by Crippen LogP contribution is 2.65. The molecule has 4 aliphatic rings. The molecule has 0 radical (unpaired) electrons. The number of carbonyl (C=O) groups is 1. The van der Waals surface area contributed by atoms with Crippen molar-refractivity contribution in [3.8, 4) is 0 Å². The number of esters is 1. The zero-order valence-electron chi connectivity index (χ0n) is 21.8. The summed E-state index contributed by atoms with van der Waals surface area (Å²) < 4.78 is 8.31. The molecule has 0 amide bonds. The van der Waals surface area contributed by atoms with Gasteiger partial charge < -0.3 is 9.30 Å². The van der Waals surface area contributed by atoms with Gasteiger partial charge in [0.15, 0.2) is 0 Å². The van der Waals surface area contributed by atoms with E-state index in [1.807, 2.05) is 6.33 Å². The van der Waals surface area contributed by atoms with Crippen LogP contribution in [0.4, 0.5) is 0 Å². The number of hydrogen-bond donors (Lipinski definition) is 0. The van der Waals surface area contributed by atoms with Gasteiger partial charge in [0.25, 0.3) is 0 Å². The Bertz CT molecular complexity index is 1420. The van der Waals surface area contributed by atoms with Crippen LogP contribution in [0, 0.1) is 28.6 Å². The minimum absolute atomic E-state index is 0.0355. The molecule has 6 atom stereocenters. The highest BCUT2D eigenvalue weighted by Gasteiger charge is 2.57. The van der Waals surface area contributed by atoms with Crippen LogP contribution in [-0.4, -0.2) is 26.6 Å². The Morgan fingerprint density at radius 2 is 1.86 bits per heavy atom. The van der Waals surface area contributed by atoms with Gasteiger partial charge >= 0.3 is 5.97 Å². The minimum atomic E-state index is -0.249. The summed E-state index contributed by atoms with van der Waals surface area (Å²) in [6, 6.07) is 12.1. The summed E-state index contributed by atoms with van der Waals surface area (Å²) in [7, 11) is 0. The number of hydrogen-bond acceptors (Lipinski definition) is 4. The van der Waals surface area contributed by atoms with Crippen LogP contribution >= 0.6 is 0 Å².